The molecule has 0 radical (unpaired) electrons. The normalized spacial score (nSPS) is 11.4. The molecule has 0 aliphatic heterocycles. The van der Waals surface area contributed by atoms with Crippen LogP contribution in [0.15, 0.2) is 36.9 Å². The monoisotopic (exact) mass is 267 g/mol. The molecule has 6 heteroatoms. The van der Waals surface area contributed by atoms with Gasteiger partial charge in [0.2, 0.25) is 0 Å². The summed E-state index contributed by atoms with van der Waals surface area (Å²) in [5, 5.41) is 11.1. The van der Waals surface area contributed by atoms with E-state index in [0.29, 0.717) is 0 Å². The molecule has 0 aromatic heterocycles. The summed E-state index contributed by atoms with van der Waals surface area (Å²) < 4.78 is 18.1. The summed E-state index contributed by atoms with van der Waals surface area (Å²) >= 11 is 0. The molecule has 5 nitrogen and oxygen atoms in total. The molecule has 0 spiro atoms. The fourth-order valence-electron chi connectivity index (χ4n) is 1.33. The van der Waals surface area contributed by atoms with Crippen molar-refractivity contribution in [2.45, 2.75) is 12.5 Å². The number of rotatable bonds is 7. The minimum absolute atomic E-state index is 0.0618. The summed E-state index contributed by atoms with van der Waals surface area (Å²) in [6.07, 6.45) is 1.48. The molecule has 0 aliphatic rings. The Morgan fingerprint density at radius 1 is 1.47 bits per heavy atom. The van der Waals surface area contributed by atoms with Crippen LogP contribution in [0.3, 0.4) is 0 Å². The molecule has 0 heterocycles. The van der Waals surface area contributed by atoms with E-state index >= 15 is 0 Å². The average Bonchev–Trinajstić information content (AvgIpc) is 2.37. The van der Waals surface area contributed by atoms with Crippen molar-refractivity contribution in [3.8, 4) is 5.75 Å². The maximum atomic E-state index is 13.2. The minimum atomic E-state index is -1.17. The van der Waals surface area contributed by atoms with Gasteiger partial charge < -0.3 is 15.2 Å². The van der Waals surface area contributed by atoms with E-state index in [9.17, 15) is 14.0 Å². The zero-order valence-electron chi connectivity index (χ0n) is 10.1. The number of aliphatic carboxylic acids is 1. The Balaban J connectivity index is 2.49. The van der Waals surface area contributed by atoms with Gasteiger partial charge in [-0.15, -0.1) is 6.58 Å². The van der Waals surface area contributed by atoms with E-state index in [1.807, 2.05) is 0 Å². The Bertz CT molecular complexity index is 475. The summed E-state index contributed by atoms with van der Waals surface area (Å²) in [6, 6.07) is 4.57. The Kier molecular flexibility index (Phi) is 5.53. The number of carbonyl (C=O) groups is 2. The minimum Gasteiger partial charge on any atom is -0.481 e. The first-order valence-corrected chi connectivity index (χ1v) is 5.55. The number of halogens is 1. The van der Waals surface area contributed by atoms with Gasteiger partial charge in [-0.05, 0) is 18.6 Å². The van der Waals surface area contributed by atoms with Crippen LogP contribution < -0.4 is 10.1 Å². The second kappa shape index (κ2) is 7.15. The molecule has 0 saturated heterocycles. The number of nitrogens with one attached hydrogen (secondary N) is 1. The molecule has 1 amide bonds. The molecule has 1 atom stereocenters. The van der Waals surface area contributed by atoms with Crippen LogP contribution >= 0.6 is 0 Å². The number of hydrogen-bond donors (Lipinski definition) is 2. The first kappa shape index (κ1) is 14.7. The van der Waals surface area contributed by atoms with Gasteiger partial charge in [-0.25, -0.2) is 9.18 Å². The van der Waals surface area contributed by atoms with E-state index in [1.165, 1.54) is 24.3 Å². The summed E-state index contributed by atoms with van der Waals surface area (Å²) in [6.45, 7) is 2.94. The Hall–Kier alpha value is -2.37. The molecule has 102 valence electrons. The molecule has 1 rings (SSSR count). The van der Waals surface area contributed by atoms with Crippen LogP contribution in [0.1, 0.15) is 6.42 Å². The lowest BCUT2D eigenvalue weighted by atomic mass is 10.2. The molecular formula is C13H14FNO4. The van der Waals surface area contributed by atoms with Crippen molar-refractivity contribution in [1.82, 2.24) is 5.32 Å². The zero-order valence-corrected chi connectivity index (χ0v) is 10.1. The van der Waals surface area contributed by atoms with E-state index in [4.69, 9.17) is 9.84 Å². The summed E-state index contributed by atoms with van der Waals surface area (Å²) in [7, 11) is 0. The standard InChI is InChI=1S/C13H14FNO4/c1-2-5-10(13(17)18)15-12(16)8-19-11-7-4-3-6-9(11)14/h2-4,6-7,10H,1,5,8H2,(H,15,16)(H,17,18). The first-order chi connectivity index (χ1) is 9.04. The van der Waals surface area contributed by atoms with Crippen molar-refractivity contribution in [3.63, 3.8) is 0 Å². The van der Waals surface area contributed by atoms with Crippen molar-refractivity contribution >= 4 is 11.9 Å². The molecular weight excluding hydrogens is 253 g/mol. The smallest absolute Gasteiger partial charge is 0.326 e. The highest BCUT2D eigenvalue weighted by Crippen LogP contribution is 2.14. The summed E-state index contributed by atoms with van der Waals surface area (Å²) in [5.41, 5.74) is 0. The van der Waals surface area contributed by atoms with E-state index < -0.39 is 30.3 Å². The van der Waals surface area contributed by atoms with Crippen LogP contribution in [0.2, 0.25) is 0 Å². The molecule has 0 bridgehead atoms. The fourth-order valence-corrected chi connectivity index (χ4v) is 1.33. The van der Waals surface area contributed by atoms with Gasteiger partial charge in [0.1, 0.15) is 6.04 Å². The molecule has 0 fully saturated rings. The number of carboxylic acids is 1. The second-order valence-corrected chi connectivity index (χ2v) is 3.70. The van der Waals surface area contributed by atoms with Crippen molar-refractivity contribution in [1.29, 1.82) is 0 Å². The lowest BCUT2D eigenvalue weighted by Crippen LogP contribution is -2.42. The number of carboxylic acid groups (broad SMARTS) is 1. The Morgan fingerprint density at radius 3 is 2.74 bits per heavy atom. The van der Waals surface area contributed by atoms with Crippen LogP contribution in [-0.2, 0) is 9.59 Å². The van der Waals surface area contributed by atoms with Crippen LogP contribution in [-0.4, -0.2) is 29.6 Å². The van der Waals surface area contributed by atoms with Crippen molar-refractivity contribution in [2.24, 2.45) is 0 Å². The highest BCUT2D eigenvalue weighted by molar-refractivity contribution is 5.84. The Morgan fingerprint density at radius 2 is 2.16 bits per heavy atom. The first-order valence-electron chi connectivity index (χ1n) is 5.55. The number of benzene rings is 1. The van der Waals surface area contributed by atoms with Crippen LogP contribution in [0.5, 0.6) is 5.75 Å². The molecule has 2 N–H and O–H groups in total. The number of hydrogen-bond acceptors (Lipinski definition) is 3. The van der Waals surface area contributed by atoms with Crippen molar-refractivity contribution in [2.75, 3.05) is 6.61 Å². The molecule has 19 heavy (non-hydrogen) atoms. The van der Waals surface area contributed by atoms with Crippen LogP contribution in [0, 0.1) is 5.82 Å². The Labute approximate surface area is 109 Å². The molecule has 1 aromatic carbocycles. The number of carbonyl (C=O) groups excluding carboxylic acids is 1. The van der Waals surface area contributed by atoms with Gasteiger partial charge >= 0.3 is 5.97 Å². The quantitative estimate of drug-likeness (QED) is 0.731. The van der Waals surface area contributed by atoms with Gasteiger partial charge in [-0.1, -0.05) is 18.2 Å². The van der Waals surface area contributed by atoms with E-state index in [0.717, 1.165) is 0 Å². The van der Waals surface area contributed by atoms with Gasteiger partial charge in [0.15, 0.2) is 18.2 Å². The third-order valence-corrected chi connectivity index (χ3v) is 2.23. The maximum Gasteiger partial charge on any atom is 0.326 e. The largest absolute Gasteiger partial charge is 0.481 e. The van der Waals surface area contributed by atoms with E-state index in [1.54, 1.807) is 6.07 Å². The fraction of sp³-hybridized carbons (Fsp3) is 0.231. The summed E-state index contributed by atoms with van der Waals surface area (Å²) in [5.74, 6) is -2.46. The van der Waals surface area contributed by atoms with Gasteiger partial charge in [0, 0.05) is 0 Å². The third kappa shape index (κ3) is 4.79. The zero-order chi connectivity index (χ0) is 14.3. The predicted molar refractivity (Wildman–Crippen MR) is 66.3 cm³/mol. The number of para-hydroxylation sites is 1. The van der Waals surface area contributed by atoms with Gasteiger partial charge in [-0.3, -0.25) is 4.79 Å². The lowest BCUT2D eigenvalue weighted by Gasteiger charge is -2.13. The molecule has 1 unspecified atom stereocenters. The summed E-state index contributed by atoms with van der Waals surface area (Å²) in [4.78, 5) is 22.3. The topological polar surface area (TPSA) is 75.6 Å². The molecule has 0 saturated carbocycles. The van der Waals surface area contributed by atoms with Crippen molar-refractivity contribution < 1.29 is 23.8 Å². The maximum absolute atomic E-state index is 13.2. The van der Waals surface area contributed by atoms with E-state index in [-0.39, 0.29) is 12.2 Å². The highest BCUT2D eigenvalue weighted by atomic mass is 19.1. The predicted octanol–water partition coefficient (Wildman–Crippen LogP) is 1.35. The lowest BCUT2D eigenvalue weighted by molar-refractivity contribution is -0.142. The molecule has 0 aliphatic carbocycles. The van der Waals surface area contributed by atoms with Gasteiger partial charge in [0.05, 0.1) is 0 Å². The highest BCUT2D eigenvalue weighted by Gasteiger charge is 2.18. The van der Waals surface area contributed by atoms with Crippen LogP contribution in [0.4, 0.5) is 4.39 Å². The third-order valence-electron chi connectivity index (χ3n) is 2.23. The second-order valence-electron chi connectivity index (χ2n) is 3.70. The van der Waals surface area contributed by atoms with Crippen LogP contribution in [0.25, 0.3) is 0 Å². The van der Waals surface area contributed by atoms with E-state index in [2.05, 4.69) is 11.9 Å². The number of ether oxygens (including phenoxy) is 1. The van der Waals surface area contributed by atoms with Gasteiger partial charge in [-0.2, -0.15) is 0 Å². The SMILES string of the molecule is C=CCC(NC(=O)COc1ccccc1F)C(=O)O. The van der Waals surface area contributed by atoms with Gasteiger partial charge in [0.25, 0.3) is 5.91 Å². The number of amides is 1. The van der Waals surface area contributed by atoms with Crippen molar-refractivity contribution in [3.05, 3.63) is 42.7 Å². The molecule has 1 aromatic rings. The average molecular weight is 267 g/mol.